The van der Waals surface area contributed by atoms with E-state index in [1.54, 1.807) is 4.90 Å². The molecule has 0 aliphatic carbocycles. The summed E-state index contributed by atoms with van der Waals surface area (Å²) in [7, 11) is 0. The zero-order valence-electron chi connectivity index (χ0n) is 25.7. The van der Waals surface area contributed by atoms with Gasteiger partial charge in [-0.2, -0.15) is 0 Å². The van der Waals surface area contributed by atoms with Crippen LogP contribution in [0.5, 0.6) is 11.5 Å². The van der Waals surface area contributed by atoms with Gasteiger partial charge in [0.1, 0.15) is 36.4 Å². The number of hydrogen-bond acceptors (Lipinski definition) is 6. The summed E-state index contributed by atoms with van der Waals surface area (Å²) in [5.74, 6) is 1.35. The van der Waals surface area contributed by atoms with E-state index in [1.165, 1.54) is 11.1 Å². The van der Waals surface area contributed by atoms with Crippen molar-refractivity contribution in [3.8, 4) is 11.5 Å². The van der Waals surface area contributed by atoms with E-state index in [9.17, 15) is 9.90 Å². The molecule has 1 unspecified atom stereocenters. The fourth-order valence-corrected chi connectivity index (χ4v) is 5.32. The number of nitrogens with zero attached hydrogens (tertiary/aromatic N) is 2. The van der Waals surface area contributed by atoms with Crippen molar-refractivity contribution in [2.75, 3.05) is 26.2 Å². The van der Waals surface area contributed by atoms with Gasteiger partial charge in [-0.25, -0.2) is 4.79 Å². The van der Waals surface area contributed by atoms with Crippen LogP contribution in [0.4, 0.5) is 4.79 Å². The zero-order valence-corrected chi connectivity index (χ0v) is 25.7. The van der Waals surface area contributed by atoms with E-state index in [0.717, 1.165) is 11.3 Å². The molecule has 1 aliphatic heterocycles. The maximum absolute atomic E-state index is 13.3. The summed E-state index contributed by atoms with van der Waals surface area (Å²) < 4.78 is 17.5. The van der Waals surface area contributed by atoms with Gasteiger partial charge in [0.05, 0.1) is 18.6 Å². The topological polar surface area (TPSA) is 71.5 Å². The average Bonchev–Trinajstić information content (AvgIpc) is 3.00. The standard InChI is InChI=1S/C37H42N2O5/c1-37(2,3)44-36(41)39(31-23-38(24-31)35(29-15-9-5-10-16-29)30-17-11-6-12-18-30)25-32(40)27-43-34-21-19-33(20-22-34)42-26-28-13-7-4-8-14-28/h4-22,31-32,35,40H,23-27H2,1-3H3. The van der Waals surface area contributed by atoms with Crippen molar-refractivity contribution in [2.24, 2.45) is 0 Å². The number of aliphatic hydroxyl groups is 1. The van der Waals surface area contributed by atoms with Crippen LogP contribution in [0.25, 0.3) is 0 Å². The number of amides is 1. The van der Waals surface area contributed by atoms with Gasteiger partial charge in [-0.05, 0) is 61.7 Å². The number of aliphatic hydroxyl groups excluding tert-OH is 1. The van der Waals surface area contributed by atoms with Crippen LogP contribution in [0.15, 0.2) is 115 Å². The largest absolute Gasteiger partial charge is 0.491 e. The number of likely N-dealkylation sites (tertiary alicyclic amines) is 1. The second-order valence-corrected chi connectivity index (χ2v) is 12.2. The first kappa shape index (κ1) is 31.1. The second-order valence-electron chi connectivity index (χ2n) is 12.2. The molecule has 1 heterocycles. The predicted molar refractivity (Wildman–Crippen MR) is 172 cm³/mol. The molecule has 7 heteroatoms. The van der Waals surface area contributed by atoms with Crippen molar-refractivity contribution in [3.05, 3.63) is 132 Å². The van der Waals surface area contributed by atoms with Gasteiger partial charge < -0.3 is 19.3 Å². The molecule has 1 fully saturated rings. The predicted octanol–water partition coefficient (Wildman–Crippen LogP) is 6.72. The summed E-state index contributed by atoms with van der Waals surface area (Å²) in [6.45, 7) is 7.49. The van der Waals surface area contributed by atoms with Crippen LogP contribution in [-0.2, 0) is 11.3 Å². The van der Waals surface area contributed by atoms with E-state index in [0.29, 0.717) is 25.4 Å². The molecule has 230 valence electrons. The minimum absolute atomic E-state index is 0.0383. The van der Waals surface area contributed by atoms with Crippen LogP contribution in [-0.4, -0.2) is 65.0 Å². The average molecular weight is 595 g/mol. The third-order valence-electron chi connectivity index (χ3n) is 7.48. The molecule has 44 heavy (non-hydrogen) atoms. The molecule has 1 aliphatic rings. The fraction of sp³-hybridized carbons (Fsp3) is 0.324. The third kappa shape index (κ3) is 8.62. The number of rotatable bonds is 12. The number of carbonyl (C=O) groups excluding carboxylic acids is 1. The fourth-order valence-electron chi connectivity index (χ4n) is 5.32. The van der Waals surface area contributed by atoms with Gasteiger partial charge in [-0.1, -0.05) is 91.0 Å². The number of ether oxygens (including phenoxy) is 3. The van der Waals surface area contributed by atoms with Crippen LogP contribution < -0.4 is 9.47 Å². The quantitative estimate of drug-likeness (QED) is 0.197. The molecular formula is C37H42N2O5. The van der Waals surface area contributed by atoms with Gasteiger partial charge in [-0.15, -0.1) is 0 Å². The van der Waals surface area contributed by atoms with Crippen molar-refractivity contribution in [1.82, 2.24) is 9.80 Å². The highest BCUT2D eigenvalue weighted by molar-refractivity contribution is 5.69. The van der Waals surface area contributed by atoms with E-state index in [4.69, 9.17) is 14.2 Å². The lowest BCUT2D eigenvalue weighted by Crippen LogP contribution is -2.63. The molecule has 4 aromatic rings. The number of benzene rings is 4. The second kappa shape index (κ2) is 14.4. The molecule has 1 N–H and O–H groups in total. The van der Waals surface area contributed by atoms with Gasteiger partial charge >= 0.3 is 6.09 Å². The summed E-state index contributed by atoms with van der Waals surface area (Å²) >= 11 is 0. The molecule has 0 spiro atoms. The van der Waals surface area contributed by atoms with Crippen LogP contribution in [0, 0.1) is 0 Å². The molecule has 0 saturated carbocycles. The van der Waals surface area contributed by atoms with Crippen molar-refractivity contribution >= 4 is 6.09 Å². The Labute approximate surface area is 260 Å². The Morgan fingerprint density at radius 2 is 1.30 bits per heavy atom. The Hall–Kier alpha value is -4.33. The summed E-state index contributed by atoms with van der Waals surface area (Å²) in [5, 5.41) is 11.0. The van der Waals surface area contributed by atoms with Gasteiger partial charge in [0.25, 0.3) is 0 Å². The molecule has 0 aromatic heterocycles. The van der Waals surface area contributed by atoms with Gasteiger partial charge in [-0.3, -0.25) is 9.80 Å². The minimum atomic E-state index is -0.899. The smallest absolute Gasteiger partial charge is 0.410 e. The lowest BCUT2D eigenvalue weighted by Gasteiger charge is -2.49. The third-order valence-corrected chi connectivity index (χ3v) is 7.48. The Morgan fingerprint density at radius 1 is 0.795 bits per heavy atom. The highest BCUT2D eigenvalue weighted by Crippen LogP contribution is 2.34. The molecular weight excluding hydrogens is 552 g/mol. The first-order valence-corrected chi connectivity index (χ1v) is 15.2. The minimum Gasteiger partial charge on any atom is -0.491 e. The molecule has 4 aromatic carbocycles. The maximum Gasteiger partial charge on any atom is 0.410 e. The van der Waals surface area contributed by atoms with E-state index in [-0.39, 0.29) is 25.2 Å². The number of hydrogen-bond donors (Lipinski definition) is 1. The Bertz CT molecular complexity index is 1400. The number of carbonyl (C=O) groups is 1. The molecule has 5 rings (SSSR count). The molecule has 1 atom stereocenters. The lowest BCUT2D eigenvalue weighted by molar-refractivity contribution is -0.0369. The van der Waals surface area contributed by atoms with E-state index in [1.807, 2.05) is 87.5 Å². The van der Waals surface area contributed by atoms with E-state index >= 15 is 0 Å². The first-order chi connectivity index (χ1) is 21.2. The van der Waals surface area contributed by atoms with Crippen LogP contribution in [0.2, 0.25) is 0 Å². The Kier molecular flexibility index (Phi) is 10.2. The van der Waals surface area contributed by atoms with Gasteiger partial charge in [0.15, 0.2) is 0 Å². The van der Waals surface area contributed by atoms with Gasteiger partial charge in [0, 0.05) is 13.1 Å². The van der Waals surface area contributed by atoms with Crippen molar-refractivity contribution in [1.29, 1.82) is 0 Å². The van der Waals surface area contributed by atoms with Crippen molar-refractivity contribution < 1.29 is 24.1 Å². The normalized spacial score (nSPS) is 14.5. The molecule has 0 radical (unpaired) electrons. The molecule has 0 bridgehead atoms. The van der Waals surface area contributed by atoms with Crippen molar-refractivity contribution in [3.63, 3.8) is 0 Å². The summed E-state index contributed by atoms with van der Waals surface area (Å²) in [6, 6.07) is 38.1. The van der Waals surface area contributed by atoms with Crippen LogP contribution in [0.1, 0.15) is 43.5 Å². The van der Waals surface area contributed by atoms with Crippen LogP contribution in [0.3, 0.4) is 0 Å². The SMILES string of the molecule is CC(C)(C)OC(=O)N(CC(O)COc1ccc(OCc2ccccc2)cc1)C1CN(C(c2ccccc2)c2ccccc2)C1. The molecule has 7 nitrogen and oxygen atoms in total. The highest BCUT2D eigenvalue weighted by Gasteiger charge is 2.41. The Morgan fingerprint density at radius 3 is 1.82 bits per heavy atom. The van der Waals surface area contributed by atoms with Crippen LogP contribution >= 0.6 is 0 Å². The van der Waals surface area contributed by atoms with E-state index < -0.39 is 17.8 Å². The highest BCUT2D eigenvalue weighted by atomic mass is 16.6. The summed E-state index contributed by atoms with van der Waals surface area (Å²) in [4.78, 5) is 17.4. The molecule has 1 saturated heterocycles. The van der Waals surface area contributed by atoms with Crippen molar-refractivity contribution in [2.45, 2.75) is 51.2 Å². The monoisotopic (exact) mass is 594 g/mol. The van der Waals surface area contributed by atoms with Gasteiger partial charge in [0.2, 0.25) is 0 Å². The summed E-state index contributed by atoms with van der Waals surface area (Å²) in [5.41, 5.74) is 2.84. The maximum atomic E-state index is 13.3. The summed E-state index contributed by atoms with van der Waals surface area (Å²) in [6.07, 6.45) is -1.33. The first-order valence-electron chi connectivity index (χ1n) is 15.2. The zero-order chi connectivity index (χ0) is 30.9. The Balaban J connectivity index is 1.19. The lowest BCUT2D eigenvalue weighted by atomic mass is 9.92. The molecule has 1 amide bonds. The van der Waals surface area contributed by atoms with E-state index in [2.05, 4.69) is 53.4 Å².